The molecule has 30 heavy (non-hydrogen) atoms. The minimum absolute atomic E-state index is 0.0843. The first-order chi connectivity index (χ1) is 14.4. The van der Waals surface area contributed by atoms with Crippen molar-refractivity contribution in [2.24, 2.45) is 0 Å². The third-order valence-electron chi connectivity index (χ3n) is 4.55. The molecule has 9 nitrogen and oxygen atoms in total. The zero-order valence-corrected chi connectivity index (χ0v) is 17.1. The van der Waals surface area contributed by atoms with Gasteiger partial charge in [0.05, 0.1) is 40.6 Å². The number of rotatable bonds is 11. The Labute approximate surface area is 174 Å². The SMILES string of the molecule is COc1cc([C@H](O)[C@@H](CO)Oc2c(OC)cc(C[C@H](O)CO)cc2OC)ccc1O. The lowest BCUT2D eigenvalue weighted by atomic mass is 10.0. The maximum absolute atomic E-state index is 10.7. The normalized spacial score (nSPS) is 14.0. The van der Waals surface area contributed by atoms with Gasteiger partial charge in [-0.05, 0) is 35.4 Å². The molecule has 0 aliphatic heterocycles. The van der Waals surface area contributed by atoms with Gasteiger partial charge in [-0.3, -0.25) is 0 Å². The Morgan fingerprint density at radius 3 is 1.93 bits per heavy atom. The number of aliphatic hydroxyl groups excluding tert-OH is 4. The molecule has 3 atom stereocenters. The van der Waals surface area contributed by atoms with Crippen molar-refractivity contribution in [3.63, 3.8) is 0 Å². The molecule has 2 aromatic carbocycles. The minimum Gasteiger partial charge on any atom is -0.504 e. The Morgan fingerprint density at radius 1 is 0.833 bits per heavy atom. The third-order valence-corrected chi connectivity index (χ3v) is 4.55. The number of ether oxygens (including phenoxy) is 4. The highest BCUT2D eigenvalue weighted by Gasteiger charge is 2.27. The van der Waals surface area contributed by atoms with E-state index < -0.39 is 31.5 Å². The average molecular weight is 424 g/mol. The number of aromatic hydroxyl groups is 1. The van der Waals surface area contributed by atoms with Gasteiger partial charge in [-0.15, -0.1) is 0 Å². The van der Waals surface area contributed by atoms with Crippen LogP contribution in [0.3, 0.4) is 0 Å². The summed E-state index contributed by atoms with van der Waals surface area (Å²) in [4.78, 5) is 0. The quantitative estimate of drug-likeness (QED) is 0.354. The molecule has 166 valence electrons. The lowest BCUT2D eigenvalue weighted by Crippen LogP contribution is -2.29. The number of hydrogen-bond acceptors (Lipinski definition) is 9. The molecule has 0 bridgehead atoms. The van der Waals surface area contributed by atoms with Crippen molar-refractivity contribution in [1.82, 2.24) is 0 Å². The zero-order valence-electron chi connectivity index (χ0n) is 17.1. The minimum atomic E-state index is -1.25. The van der Waals surface area contributed by atoms with Crippen LogP contribution in [0.1, 0.15) is 17.2 Å². The van der Waals surface area contributed by atoms with Gasteiger partial charge < -0.3 is 44.5 Å². The van der Waals surface area contributed by atoms with Crippen LogP contribution in [-0.4, -0.2) is 72.3 Å². The van der Waals surface area contributed by atoms with E-state index in [0.29, 0.717) is 11.1 Å². The molecule has 0 fully saturated rings. The molecule has 0 unspecified atom stereocenters. The maximum Gasteiger partial charge on any atom is 0.204 e. The van der Waals surface area contributed by atoms with Crippen LogP contribution < -0.4 is 18.9 Å². The summed E-state index contributed by atoms with van der Waals surface area (Å²) in [6.07, 6.45) is -3.11. The average Bonchev–Trinajstić information content (AvgIpc) is 2.77. The van der Waals surface area contributed by atoms with E-state index in [9.17, 15) is 20.4 Å². The van der Waals surface area contributed by atoms with Gasteiger partial charge in [0.2, 0.25) is 5.75 Å². The molecule has 0 spiro atoms. The number of phenolic OH excluding ortho intramolecular Hbond substituents is 1. The monoisotopic (exact) mass is 424 g/mol. The van der Waals surface area contributed by atoms with E-state index in [4.69, 9.17) is 24.1 Å². The molecule has 2 rings (SSSR count). The number of methoxy groups -OCH3 is 3. The highest BCUT2D eigenvalue weighted by Crippen LogP contribution is 2.41. The van der Waals surface area contributed by atoms with Crippen molar-refractivity contribution in [2.45, 2.75) is 24.7 Å². The van der Waals surface area contributed by atoms with Crippen LogP contribution in [0.5, 0.6) is 28.7 Å². The molecule has 0 aromatic heterocycles. The van der Waals surface area contributed by atoms with Gasteiger partial charge in [0.1, 0.15) is 6.10 Å². The van der Waals surface area contributed by atoms with Gasteiger partial charge in [-0.2, -0.15) is 0 Å². The number of hydrogen-bond donors (Lipinski definition) is 5. The Balaban J connectivity index is 2.35. The molecular weight excluding hydrogens is 396 g/mol. The van der Waals surface area contributed by atoms with Crippen LogP contribution in [0, 0.1) is 0 Å². The highest BCUT2D eigenvalue weighted by atomic mass is 16.6. The molecule has 0 heterocycles. The molecule has 5 N–H and O–H groups in total. The molecule has 9 heteroatoms. The molecule has 0 radical (unpaired) electrons. The molecule has 0 amide bonds. The van der Waals surface area contributed by atoms with Crippen LogP contribution in [-0.2, 0) is 6.42 Å². The predicted octanol–water partition coefficient (Wildman–Crippen LogP) is 0.787. The van der Waals surface area contributed by atoms with E-state index in [1.807, 2.05) is 0 Å². The van der Waals surface area contributed by atoms with Gasteiger partial charge in [-0.25, -0.2) is 0 Å². The van der Waals surface area contributed by atoms with Crippen LogP contribution in [0.25, 0.3) is 0 Å². The second kappa shape index (κ2) is 10.9. The molecule has 0 saturated heterocycles. The standard InChI is InChI=1S/C21H28O9/c1-27-16-9-13(4-5-15(16)25)20(26)19(11-23)30-21-17(28-2)7-12(6-14(24)10-22)8-18(21)29-3/h4-5,7-9,14,19-20,22-26H,6,10-11H2,1-3H3/t14-,19+,20-/m0/s1. The lowest BCUT2D eigenvalue weighted by Gasteiger charge is -2.25. The topological polar surface area (TPSA) is 138 Å². The Morgan fingerprint density at radius 2 is 1.43 bits per heavy atom. The third kappa shape index (κ3) is 5.45. The Hall–Kier alpha value is -2.72. The highest BCUT2D eigenvalue weighted by molar-refractivity contribution is 5.54. The molecule has 0 saturated carbocycles. The van der Waals surface area contributed by atoms with Gasteiger partial charge in [-0.1, -0.05) is 6.07 Å². The second-order valence-corrected chi connectivity index (χ2v) is 6.58. The number of benzene rings is 2. The van der Waals surface area contributed by atoms with Crippen LogP contribution in [0.15, 0.2) is 30.3 Å². The molecular formula is C21H28O9. The number of phenols is 1. The van der Waals surface area contributed by atoms with Crippen molar-refractivity contribution >= 4 is 0 Å². The Bertz CT molecular complexity index is 799. The molecule has 2 aromatic rings. The molecule has 0 aliphatic rings. The van der Waals surface area contributed by atoms with E-state index in [2.05, 4.69) is 0 Å². The fraction of sp³-hybridized carbons (Fsp3) is 0.429. The summed E-state index contributed by atoms with van der Waals surface area (Å²) < 4.78 is 21.6. The van der Waals surface area contributed by atoms with Crippen molar-refractivity contribution in [1.29, 1.82) is 0 Å². The second-order valence-electron chi connectivity index (χ2n) is 6.58. The van der Waals surface area contributed by atoms with Gasteiger partial charge in [0, 0.05) is 6.42 Å². The summed E-state index contributed by atoms with van der Waals surface area (Å²) in [6.45, 7) is -0.917. The van der Waals surface area contributed by atoms with Gasteiger partial charge >= 0.3 is 0 Å². The summed E-state index contributed by atoms with van der Waals surface area (Å²) in [5, 5.41) is 49.0. The van der Waals surface area contributed by atoms with E-state index in [1.165, 1.54) is 39.5 Å². The zero-order chi connectivity index (χ0) is 22.3. The van der Waals surface area contributed by atoms with Gasteiger partial charge in [0.25, 0.3) is 0 Å². The summed E-state index contributed by atoms with van der Waals surface area (Å²) in [5.74, 6) is 0.780. The first kappa shape index (κ1) is 23.6. The maximum atomic E-state index is 10.7. The fourth-order valence-electron chi connectivity index (χ4n) is 2.95. The van der Waals surface area contributed by atoms with E-state index >= 15 is 0 Å². The van der Waals surface area contributed by atoms with Crippen molar-refractivity contribution in [3.8, 4) is 28.7 Å². The fourth-order valence-corrected chi connectivity index (χ4v) is 2.95. The summed E-state index contributed by atoms with van der Waals surface area (Å²) in [7, 11) is 4.22. The first-order valence-corrected chi connectivity index (χ1v) is 9.24. The largest absolute Gasteiger partial charge is 0.504 e. The van der Waals surface area contributed by atoms with E-state index in [0.717, 1.165) is 0 Å². The lowest BCUT2D eigenvalue weighted by molar-refractivity contribution is -0.00177. The van der Waals surface area contributed by atoms with E-state index in [1.54, 1.807) is 12.1 Å². The van der Waals surface area contributed by atoms with Crippen molar-refractivity contribution in [3.05, 3.63) is 41.5 Å². The van der Waals surface area contributed by atoms with Crippen molar-refractivity contribution in [2.75, 3.05) is 34.5 Å². The summed E-state index contributed by atoms with van der Waals surface area (Å²) in [6, 6.07) is 7.53. The smallest absolute Gasteiger partial charge is 0.204 e. The van der Waals surface area contributed by atoms with Crippen LogP contribution >= 0.6 is 0 Å². The summed E-state index contributed by atoms with van der Waals surface area (Å²) >= 11 is 0. The van der Waals surface area contributed by atoms with E-state index in [-0.39, 0.29) is 35.2 Å². The number of aliphatic hydroxyl groups is 4. The van der Waals surface area contributed by atoms with Crippen molar-refractivity contribution < 1.29 is 44.5 Å². The van der Waals surface area contributed by atoms with Crippen LogP contribution in [0.4, 0.5) is 0 Å². The predicted molar refractivity (Wildman–Crippen MR) is 107 cm³/mol. The molecule has 0 aliphatic carbocycles. The Kier molecular flexibility index (Phi) is 8.55. The van der Waals surface area contributed by atoms with Crippen LogP contribution in [0.2, 0.25) is 0 Å². The first-order valence-electron chi connectivity index (χ1n) is 9.24. The van der Waals surface area contributed by atoms with Gasteiger partial charge in [0.15, 0.2) is 29.1 Å². The summed E-state index contributed by atoms with van der Waals surface area (Å²) in [5.41, 5.74) is 1.01.